The summed E-state index contributed by atoms with van der Waals surface area (Å²) in [6.45, 7) is 3.12. The molecule has 1 aliphatic carbocycles. The first-order chi connectivity index (χ1) is 8.93. The van der Waals surface area contributed by atoms with Crippen LogP contribution in [0.15, 0.2) is 0 Å². The smallest absolute Gasteiger partial charge is 0.371 e. The Balaban J connectivity index is 1.75. The number of halogens is 3. The van der Waals surface area contributed by atoms with Crippen molar-refractivity contribution in [3.63, 3.8) is 0 Å². The van der Waals surface area contributed by atoms with Gasteiger partial charge in [0.25, 0.3) is 0 Å². The van der Waals surface area contributed by atoms with Crippen LogP contribution in [0.5, 0.6) is 0 Å². The van der Waals surface area contributed by atoms with Crippen LogP contribution in [-0.2, 0) is 10.9 Å². The SMILES string of the molecule is C[C@H]1CN(c2nnc(C(F)(F)F)s2)C[C@@H](C2CC2)O1. The van der Waals surface area contributed by atoms with Crippen LogP contribution in [0, 0.1) is 5.92 Å². The highest BCUT2D eigenvalue weighted by Gasteiger charge is 2.40. The summed E-state index contributed by atoms with van der Waals surface area (Å²) in [6.07, 6.45) is -1.99. The van der Waals surface area contributed by atoms with Crippen molar-refractivity contribution in [1.29, 1.82) is 0 Å². The van der Waals surface area contributed by atoms with Crippen molar-refractivity contribution < 1.29 is 17.9 Å². The van der Waals surface area contributed by atoms with Gasteiger partial charge in [-0.05, 0) is 25.7 Å². The molecule has 3 rings (SSSR count). The van der Waals surface area contributed by atoms with E-state index >= 15 is 0 Å². The van der Waals surface area contributed by atoms with Gasteiger partial charge in [-0.15, -0.1) is 10.2 Å². The second-order valence-electron chi connectivity index (χ2n) is 5.12. The Morgan fingerprint density at radius 3 is 2.58 bits per heavy atom. The molecule has 0 spiro atoms. The fourth-order valence-corrected chi connectivity index (χ4v) is 3.06. The Hall–Kier alpha value is -0.890. The predicted molar refractivity (Wildman–Crippen MR) is 64.2 cm³/mol. The highest BCUT2D eigenvalue weighted by Crippen LogP contribution is 2.39. The van der Waals surface area contributed by atoms with Gasteiger partial charge < -0.3 is 9.64 Å². The van der Waals surface area contributed by atoms with E-state index in [1.54, 1.807) is 0 Å². The van der Waals surface area contributed by atoms with E-state index in [1.807, 2.05) is 11.8 Å². The van der Waals surface area contributed by atoms with Gasteiger partial charge in [0, 0.05) is 13.1 Å². The van der Waals surface area contributed by atoms with E-state index in [0.29, 0.717) is 35.5 Å². The van der Waals surface area contributed by atoms with E-state index in [2.05, 4.69) is 10.2 Å². The number of ether oxygens (including phenoxy) is 1. The molecule has 1 saturated carbocycles. The molecule has 19 heavy (non-hydrogen) atoms. The summed E-state index contributed by atoms with van der Waals surface area (Å²) in [7, 11) is 0. The van der Waals surface area contributed by atoms with E-state index in [1.165, 1.54) is 0 Å². The maximum atomic E-state index is 12.5. The van der Waals surface area contributed by atoms with Crippen LogP contribution in [0.25, 0.3) is 0 Å². The normalized spacial score (nSPS) is 28.7. The molecule has 0 radical (unpaired) electrons. The fraction of sp³-hybridized carbons (Fsp3) is 0.818. The Bertz CT molecular complexity index is 460. The molecule has 0 aromatic carbocycles. The zero-order valence-corrected chi connectivity index (χ0v) is 11.2. The van der Waals surface area contributed by atoms with E-state index in [0.717, 1.165) is 12.8 Å². The average molecular weight is 293 g/mol. The van der Waals surface area contributed by atoms with Crippen LogP contribution >= 0.6 is 11.3 Å². The zero-order valence-electron chi connectivity index (χ0n) is 10.4. The lowest BCUT2D eigenvalue weighted by atomic mass is 10.1. The minimum atomic E-state index is -4.41. The van der Waals surface area contributed by atoms with Crippen LogP contribution in [-0.4, -0.2) is 35.5 Å². The van der Waals surface area contributed by atoms with Gasteiger partial charge in [-0.2, -0.15) is 13.2 Å². The number of alkyl halides is 3. The van der Waals surface area contributed by atoms with Crippen molar-refractivity contribution in [2.75, 3.05) is 18.0 Å². The Kier molecular flexibility index (Phi) is 3.17. The molecule has 0 N–H and O–H groups in total. The van der Waals surface area contributed by atoms with Gasteiger partial charge in [0.2, 0.25) is 10.1 Å². The third-order valence-electron chi connectivity index (χ3n) is 3.36. The molecule has 1 saturated heterocycles. The number of rotatable bonds is 2. The number of hydrogen-bond donors (Lipinski definition) is 0. The summed E-state index contributed by atoms with van der Waals surface area (Å²) >= 11 is 0.606. The van der Waals surface area contributed by atoms with Crippen LogP contribution in [0.3, 0.4) is 0 Å². The van der Waals surface area contributed by atoms with Crippen LogP contribution in [0.2, 0.25) is 0 Å². The number of aromatic nitrogens is 2. The summed E-state index contributed by atoms with van der Waals surface area (Å²) in [5.74, 6) is 0.556. The Morgan fingerprint density at radius 1 is 1.26 bits per heavy atom. The summed E-state index contributed by atoms with van der Waals surface area (Å²) in [5.41, 5.74) is 0. The minimum absolute atomic E-state index is 0.0117. The maximum absolute atomic E-state index is 12.5. The number of hydrogen-bond acceptors (Lipinski definition) is 5. The first kappa shape index (κ1) is 13.1. The number of nitrogens with zero attached hydrogens (tertiary/aromatic N) is 3. The third kappa shape index (κ3) is 2.84. The molecular formula is C11H14F3N3OS. The van der Waals surface area contributed by atoms with Gasteiger partial charge in [-0.25, -0.2) is 0 Å². The Labute approximate surface area is 112 Å². The van der Waals surface area contributed by atoms with Crippen molar-refractivity contribution in [3.05, 3.63) is 5.01 Å². The fourth-order valence-electron chi connectivity index (χ4n) is 2.33. The molecule has 1 aliphatic heterocycles. The van der Waals surface area contributed by atoms with Crippen molar-refractivity contribution in [2.45, 2.75) is 38.1 Å². The molecule has 106 valence electrons. The summed E-state index contributed by atoms with van der Waals surface area (Å²) < 4.78 is 43.4. The molecule has 2 heterocycles. The average Bonchev–Trinajstić information content (AvgIpc) is 3.03. The second kappa shape index (κ2) is 4.59. The van der Waals surface area contributed by atoms with E-state index in [9.17, 15) is 13.2 Å². The van der Waals surface area contributed by atoms with Crippen molar-refractivity contribution in [2.24, 2.45) is 5.92 Å². The van der Waals surface area contributed by atoms with E-state index < -0.39 is 11.2 Å². The molecule has 1 aromatic rings. The maximum Gasteiger partial charge on any atom is 0.445 e. The van der Waals surface area contributed by atoms with Crippen molar-refractivity contribution >= 4 is 16.5 Å². The highest BCUT2D eigenvalue weighted by molar-refractivity contribution is 7.15. The largest absolute Gasteiger partial charge is 0.445 e. The monoisotopic (exact) mass is 293 g/mol. The first-order valence-corrected chi connectivity index (χ1v) is 7.06. The standard InChI is InChI=1S/C11H14F3N3OS/c1-6-4-17(5-8(18-6)7-2-3-7)10-16-15-9(19-10)11(12,13)14/h6-8H,2-5H2,1H3/t6-,8-/m0/s1. The van der Waals surface area contributed by atoms with Gasteiger partial charge in [-0.3, -0.25) is 0 Å². The third-order valence-corrected chi connectivity index (χ3v) is 4.39. The van der Waals surface area contributed by atoms with Gasteiger partial charge in [0.1, 0.15) is 0 Å². The lowest BCUT2D eigenvalue weighted by Gasteiger charge is -2.36. The molecular weight excluding hydrogens is 279 g/mol. The molecule has 2 aliphatic rings. The topological polar surface area (TPSA) is 38.2 Å². The second-order valence-corrected chi connectivity index (χ2v) is 6.07. The molecule has 4 nitrogen and oxygen atoms in total. The lowest BCUT2D eigenvalue weighted by molar-refractivity contribution is -0.138. The van der Waals surface area contributed by atoms with Crippen LogP contribution in [0.4, 0.5) is 18.3 Å². The van der Waals surface area contributed by atoms with Crippen LogP contribution < -0.4 is 4.90 Å². The molecule has 0 bridgehead atoms. The molecule has 2 atom stereocenters. The zero-order chi connectivity index (χ0) is 13.6. The van der Waals surface area contributed by atoms with Gasteiger partial charge in [0.15, 0.2) is 0 Å². The molecule has 1 aromatic heterocycles. The molecule has 8 heteroatoms. The molecule has 0 amide bonds. The highest BCUT2D eigenvalue weighted by atomic mass is 32.1. The predicted octanol–water partition coefficient (Wildman–Crippen LogP) is 2.56. The quantitative estimate of drug-likeness (QED) is 0.840. The summed E-state index contributed by atoms with van der Waals surface area (Å²) in [6, 6.07) is 0. The minimum Gasteiger partial charge on any atom is -0.371 e. The lowest BCUT2D eigenvalue weighted by Crippen LogP contribution is -2.47. The summed E-state index contributed by atoms with van der Waals surface area (Å²) in [4.78, 5) is 1.87. The number of anilines is 1. The Morgan fingerprint density at radius 2 is 2.00 bits per heavy atom. The van der Waals surface area contributed by atoms with Crippen molar-refractivity contribution in [3.8, 4) is 0 Å². The first-order valence-electron chi connectivity index (χ1n) is 6.24. The van der Waals surface area contributed by atoms with Crippen LogP contribution in [0.1, 0.15) is 24.8 Å². The van der Waals surface area contributed by atoms with Crippen molar-refractivity contribution in [1.82, 2.24) is 10.2 Å². The van der Waals surface area contributed by atoms with Gasteiger partial charge in [0.05, 0.1) is 12.2 Å². The van der Waals surface area contributed by atoms with Gasteiger partial charge in [-0.1, -0.05) is 11.3 Å². The van der Waals surface area contributed by atoms with E-state index in [4.69, 9.17) is 4.74 Å². The van der Waals surface area contributed by atoms with Gasteiger partial charge >= 0.3 is 6.18 Å². The number of morpholine rings is 1. The molecule has 0 unspecified atom stereocenters. The molecule has 2 fully saturated rings. The summed E-state index contributed by atoms with van der Waals surface area (Å²) in [5, 5.41) is 6.36. The van der Waals surface area contributed by atoms with E-state index in [-0.39, 0.29) is 12.2 Å².